The second kappa shape index (κ2) is 14.2. The summed E-state index contributed by atoms with van der Waals surface area (Å²) < 4.78 is 26.6. The number of methoxy groups -OCH3 is 4. The van der Waals surface area contributed by atoms with Crippen LogP contribution in [0.4, 0.5) is 11.4 Å². The van der Waals surface area contributed by atoms with Crippen molar-refractivity contribution in [1.82, 2.24) is 0 Å². The van der Waals surface area contributed by atoms with Gasteiger partial charge in [-0.05, 0) is 47.5 Å². The summed E-state index contributed by atoms with van der Waals surface area (Å²) in [5.74, 6) is -1.83. The van der Waals surface area contributed by atoms with E-state index in [1.165, 1.54) is 89.1 Å². The van der Waals surface area contributed by atoms with Gasteiger partial charge in [-0.25, -0.2) is 9.59 Å². The third-order valence-corrected chi connectivity index (χ3v) is 7.18. The molecule has 0 radical (unpaired) electrons. The minimum absolute atomic E-state index is 0.0487. The molecule has 47 heavy (non-hydrogen) atoms. The number of nitrogens with zero attached hydrogens (tertiary/aromatic N) is 2. The van der Waals surface area contributed by atoms with Crippen LogP contribution in [0.5, 0.6) is 34.5 Å². The number of carboxylic acids is 2. The van der Waals surface area contributed by atoms with Gasteiger partial charge in [0, 0.05) is 24.0 Å². The first-order valence-corrected chi connectivity index (χ1v) is 13.6. The maximum absolute atomic E-state index is 12.2. The molecule has 0 saturated carbocycles. The highest BCUT2D eigenvalue weighted by molar-refractivity contribution is 5.91. The van der Waals surface area contributed by atoms with E-state index in [1.54, 1.807) is 0 Å². The summed E-state index contributed by atoms with van der Waals surface area (Å²) in [5, 5.41) is 43.4. The Kier molecular flexibility index (Phi) is 10.1. The Morgan fingerprint density at radius 3 is 1.21 bits per heavy atom. The van der Waals surface area contributed by atoms with Crippen LogP contribution in [-0.2, 0) is 12.8 Å². The molecule has 0 fully saturated rings. The molecule has 0 bridgehead atoms. The van der Waals surface area contributed by atoms with Gasteiger partial charge in [0.25, 0.3) is 11.4 Å². The molecule has 15 nitrogen and oxygen atoms in total. The number of benzene rings is 4. The predicted octanol–water partition coefficient (Wildman–Crippen LogP) is 5.91. The zero-order chi connectivity index (χ0) is 34.4. The van der Waals surface area contributed by atoms with Gasteiger partial charge >= 0.3 is 11.9 Å². The molecule has 0 spiro atoms. The predicted molar refractivity (Wildman–Crippen MR) is 165 cm³/mol. The van der Waals surface area contributed by atoms with Crippen molar-refractivity contribution in [3.63, 3.8) is 0 Å². The van der Waals surface area contributed by atoms with Crippen LogP contribution in [0.15, 0.2) is 60.7 Å². The Hall–Kier alpha value is -6.38. The third kappa shape index (κ3) is 7.30. The fraction of sp³-hybridized carbons (Fsp3) is 0.188. The summed E-state index contributed by atoms with van der Waals surface area (Å²) in [7, 11) is 5.40. The van der Waals surface area contributed by atoms with Gasteiger partial charge in [0.2, 0.25) is 0 Å². The van der Waals surface area contributed by atoms with Crippen molar-refractivity contribution in [2.75, 3.05) is 28.4 Å². The second-order valence-corrected chi connectivity index (χ2v) is 9.89. The molecule has 4 rings (SSSR count). The number of carboxylic acid groups (broad SMARTS) is 2. The normalized spacial score (nSPS) is 10.6. The van der Waals surface area contributed by atoms with Crippen molar-refractivity contribution >= 4 is 23.3 Å². The van der Waals surface area contributed by atoms with E-state index in [0.717, 1.165) is 0 Å². The fourth-order valence-electron chi connectivity index (χ4n) is 4.93. The number of hydrogen-bond donors (Lipinski definition) is 2. The van der Waals surface area contributed by atoms with Gasteiger partial charge in [0.05, 0.1) is 61.5 Å². The summed E-state index contributed by atoms with van der Waals surface area (Å²) in [6.07, 6.45) is -0.280. The van der Waals surface area contributed by atoms with Crippen LogP contribution in [0.2, 0.25) is 0 Å². The number of nitro benzene ring substituents is 2. The van der Waals surface area contributed by atoms with E-state index in [2.05, 4.69) is 0 Å². The molecular formula is C32H28N2O13. The lowest BCUT2D eigenvalue weighted by molar-refractivity contribution is -0.385. The first-order chi connectivity index (χ1) is 22.4. The Bertz CT molecular complexity index is 1750. The van der Waals surface area contributed by atoms with E-state index in [4.69, 9.17) is 23.7 Å². The van der Waals surface area contributed by atoms with Gasteiger partial charge in [-0.3, -0.25) is 20.2 Å². The molecule has 2 N–H and O–H groups in total. The van der Waals surface area contributed by atoms with Crippen LogP contribution < -0.4 is 23.7 Å². The Morgan fingerprint density at radius 2 is 0.915 bits per heavy atom. The average Bonchev–Trinajstić information content (AvgIpc) is 3.05. The summed E-state index contributed by atoms with van der Waals surface area (Å²) >= 11 is 0. The van der Waals surface area contributed by atoms with Crippen LogP contribution in [-0.4, -0.2) is 60.4 Å². The second-order valence-electron chi connectivity index (χ2n) is 9.89. The summed E-state index contributed by atoms with van der Waals surface area (Å²) in [6.45, 7) is 0. The number of carbonyl (C=O) groups is 2. The number of hydrogen-bond acceptors (Lipinski definition) is 11. The molecule has 0 aromatic heterocycles. The topological polar surface area (TPSA) is 207 Å². The largest absolute Gasteiger partial charge is 0.493 e. The lowest BCUT2D eigenvalue weighted by Crippen LogP contribution is -2.07. The SMILES string of the molecule is COc1cc(Cc2ccc(Oc3ccc(Cc4cc(OC)c(OC)cc4[N+](=O)[O-])c(C(=O)O)c3)cc2C(=O)O)c([N+](=O)[O-])cc1OC. The van der Waals surface area contributed by atoms with Gasteiger partial charge < -0.3 is 33.9 Å². The molecule has 0 unspecified atom stereocenters. The van der Waals surface area contributed by atoms with Gasteiger partial charge in [0.15, 0.2) is 23.0 Å². The van der Waals surface area contributed by atoms with Crippen LogP contribution in [0.25, 0.3) is 0 Å². The zero-order valence-electron chi connectivity index (χ0n) is 25.5. The molecule has 0 saturated heterocycles. The van der Waals surface area contributed by atoms with Crippen molar-refractivity contribution in [3.8, 4) is 34.5 Å². The van der Waals surface area contributed by atoms with Crippen molar-refractivity contribution in [2.45, 2.75) is 12.8 Å². The summed E-state index contributed by atoms with van der Waals surface area (Å²) in [5.41, 5.74) is -0.167. The number of aromatic carboxylic acids is 2. The van der Waals surface area contributed by atoms with Gasteiger partial charge in [-0.2, -0.15) is 0 Å². The third-order valence-electron chi connectivity index (χ3n) is 7.18. The van der Waals surface area contributed by atoms with E-state index in [-0.39, 0.29) is 92.1 Å². The zero-order valence-corrected chi connectivity index (χ0v) is 25.5. The fourth-order valence-corrected chi connectivity index (χ4v) is 4.93. The van der Waals surface area contributed by atoms with Gasteiger partial charge in [-0.1, -0.05) is 12.1 Å². The first kappa shape index (κ1) is 33.5. The summed E-state index contributed by atoms with van der Waals surface area (Å²) in [4.78, 5) is 46.7. The standard InChI is InChI=1S/C32H28N2O13/c1-43-27-11-19(25(33(39)40)15-29(27)45-3)9-17-5-7-21(13-23(17)31(35)36)47-22-8-6-18(24(14-22)32(37)38)10-20-12-28(44-2)30(46-4)16-26(20)34(41)42/h5-8,11-16H,9-10H2,1-4H3,(H,35,36)(H,37,38). The van der Waals surface area contributed by atoms with Crippen molar-refractivity contribution in [2.24, 2.45) is 0 Å². The van der Waals surface area contributed by atoms with Crippen LogP contribution >= 0.6 is 0 Å². The van der Waals surface area contributed by atoms with Crippen LogP contribution in [0.3, 0.4) is 0 Å². The number of nitro groups is 2. The molecule has 244 valence electrons. The van der Waals surface area contributed by atoms with Crippen LogP contribution in [0, 0.1) is 20.2 Å². The van der Waals surface area contributed by atoms with Crippen molar-refractivity contribution in [1.29, 1.82) is 0 Å². The molecule has 4 aromatic rings. The maximum atomic E-state index is 12.2. The van der Waals surface area contributed by atoms with E-state index in [9.17, 15) is 40.0 Å². The number of ether oxygens (including phenoxy) is 5. The minimum Gasteiger partial charge on any atom is -0.493 e. The molecule has 4 aromatic carbocycles. The van der Waals surface area contributed by atoms with Gasteiger partial charge in [0.1, 0.15) is 11.5 Å². The highest BCUT2D eigenvalue weighted by atomic mass is 16.6. The van der Waals surface area contributed by atoms with E-state index in [1.807, 2.05) is 0 Å². The molecular weight excluding hydrogens is 620 g/mol. The Morgan fingerprint density at radius 1 is 0.574 bits per heavy atom. The molecule has 0 heterocycles. The molecule has 0 amide bonds. The maximum Gasteiger partial charge on any atom is 0.336 e. The van der Waals surface area contributed by atoms with Crippen LogP contribution in [0.1, 0.15) is 43.0 Å². The van der Waals surface area contributed by atoms with Crippen molar-refractivity contribution < 1.29 is 53.3 Å². The molecule has 0 aliphatic carbocycles. The lowest BCUT2D eigenvalue weighted by Gasteiger charge is -2.14. The van der Waals surface area contributed by atoms with Gasteiger partial charge in [-0.15, -0.1) is 0 Å². The highest BCUT2D eigenvalue weighted by Gasteiger charge is 2.24. The minimum atomic E-state index is -1.33. The Labute approximate surface area is 266 Å². The molecule has 15 heteroatoms. The molecule has 0 aliphatic rings. The van der Waals surface area contributed by atoms with E-state index < -0.39 is 21.8 Å². The average molecular weight is 649 g/mol. The smallest absolute Gasteiger partial charge is 0.336 e. The molecule has 0 aliphatic heterocycles. The Balaban J connectivity index is 1.67. The quantitative estimate of drug-likeness (QED) is 0.121. The first-order valence-electron chi connectivity index (χ1n) is 13.6. The number of rotatable bonds is 14. The van der Waals surface area contributed by atoms with Crippen molar-refractivity contribution in [3.05, 3.63) is 114 Å². The highest BCUT2D eigenvalue weighted by Crippen LogP contribution is 2.38. The summed E-state index contributed by atoms with van der Waals surface area (Å²) in [6, 6.07) is 13.4. The van der Waals surface area contributed by atoms with E-state index in [0.29, 0.717) is 0 Å². The monoisotopic (exact) mass is 648 g/mol. The lowest BCUT2D eigenvalue weighted by atomic mass is 9.97. The molecule has 0 atom stereocenters. The van der Waals surface area contributed by atoms with E-state index >= 15 is 0 Å².